The number of unbranched alkanes of at least 4 members (excludes halogenated alkanes) is 3. The molecular formula is C15H22ClNO. The van der Waals surface area contributed by atoms with Crippen LogP contribution in [0.3, 0.4) is 0 Å². The van der Waals surface area contributed by atoms with Crippen LogP contribution >= 0.6 is 11.6 Å². The molecule has 3 heteroatoms. The molecule has 0 aliphatic carbocycles. The average Bonchev–Trinajstić information content (AvgIpc) is 2.36. The molecule has 0 bridgehead atoms. The molecule has 0 saturated carbocycles. The van der Waals surface area contributed by atoms with Crippen molar-refractivity contribution in [3.05, 3.63) is 34.9 Å². The van der Waals surface area contributed by atoms with Crippen molar-refractivity contribution in [3.63, 3.8) is 0 Å². The summed E-state index contributed by atoms with van der Waals surface area (Å²) in [5, 5.41) is 3.68. The van der Waals surface area contributed by atoms with Crippen molar-refractivity contribution in [2.24, 2.45) is 0 Å². The lowest BCUT2D eigenvalue weighted by atomic mass is 10.1. The number of carbonyl (C=O) groups excluding carboxylic acids is 1. The third-order valence-corrected chi connectivity index (χ3v) is 3.12. The molecule has 1 rings (SSSR count). The van der Waals surface area contributed by atoms with Gasteiger partial charge in [0.2, 0.25) is 5.91 Å². The van der Waals surface area contributed by atoms with Crippen LogP contribution in [-0.2, 0) is 11.2 Å². The fraction of sp³-hybridized carbons (Fsp3) is 0.533. The summed E-state index contributed by atoms with van der Waals surface area (Å²) in [6.45, 7) is 2.98. The Morgan fingerprint density at radius 2 is 2.11 bits per heavy atom. The summed E-state index contributed by atoms with van der Waals surface area (Å²) in [5.41, 5.74) is 1.11. The van der Waals surface area contributed by atoms with Gasteiger partial charge in [-0.1, -0.05) is 49.9 Å². The minimum Gasteiger partial charge on any atom is -0.356 e. The van der Waals surface area contributed by atoms with E-state index in [1.54, 1.807) is 0 Å². The minimum absolute atomic E-state index is 0.131. The molecule has 2 nitrogen and oxygen atoms in total. The lowest BCUT2D eigenvalue weighted by Gasteiger charge is -2.05. The molecule has 0 aliphatic rings. The van der Waals surface area contributed by atoms with E-state index in [0.29, 0.717) is 6.42 Å². The standard InChI is InChI=1S/C15H22ClNO/c1-2-3-4-5-11-17-15(18)10-9-13-7-6-8-14(16)12-13/h6-8,12H,2-5,9-11H2,1H3,(H,17,18). The maximum absolute atomic E-state index is 11.6. The summed E-state index contributed by atoms with van der Waals surface area (Å²) >= 11 is 5.89. The normalized spacial score (nSPS) is 10.3. The van der Waals surface area contributed by atoms with E-state index in [9.17, 15) is 4.79 Å². The van der Waals surface area contributed by atoms with Crippen molar-refractivity contribution in [1.29, 1.82) is 0 Å². The second-order valence-electron chi connectivity index (χ2n) is 4.54. The number of rotatable bonds is 8. The van der Waals surface area contributed by atoms with E-state index in [-0.39, 0.29) is 5.91 Å². The second kappa shape index (κ2) is 8.98. The van der Waals surface area contributed by atoms with Gasteiger partial charge in [0.15, 0.2) is 0 Å². The first-order valence-corrected chi connectivity index (χ1v) is 7.11. The van der Waals surface area contributed by atoms with Gasteiger partial charge in [-0.3, -0.25) is 4.79 Å². The summed E-state index contributed by atoms with van der Waals surface area (Å²) < 4.78 is 0. The molecule has 0 heterocycles. The van der Waals surface area contributed by atoms with Crippen molar-refractivity contribution in [3.8, 4) is 0 Å². The van der Waals surface area contributed by atoms with Crippen LogP contribution in [0, 0.1) is 0 Å². The predicted octanol–water partition coefficient (Wildman–Crippen LogP) is 3.97. The summed E-state index contributed by atoms with van der Waals surface area (Å²) in [6, 6.07) is 7.68. The largest absolute Gasteiger partial charge is 0.356 e. The molecule has 0 unspecified atom stereocenters. The predicted molar refractivity (Wildman–Crippen MR) is 76.9 cm³/mol. The molecule has 1 aromatic rings. The van der Waals surface area contributed by atoms with Crippen molar-refractivity contribution in [2.75, 3.05) is 6.54 Å². The second-order valence-corrected chi connectivity index (χ2v) is 4.98. The third-order valence-electron chi connectivity index (χ3n) is 2.88. The van der Waals surface area contributed by atoms with Crippen molar-refractivity contribution in [2.45, 2.75) is 45.4 Å². The van der Waals surface area contributed by atoms with Gasteiger partial charge < -0.3 is 5.32 Å². The highest BCUT2D eigenvalue weighted by atomic mass is 35.5. The molecule has 0 aromatic heterocycles. The van der Waals surface area contributed by atoms with Gasteiger partial charge in [-0.25, -0.2) is 0 Å². The summed E-state index contributed by atoms with van der Waals surface area (Å²) in [4.78, 5) is 11.6. The zero-order chi connectivity index (χ0) is 13.2. The number of hydrogen-bond acceptors (Lipinski definition) is 1. The highest BCUT2D eigenvalue weighted by Gasteiger charge is 2.02. The van der Waals surface area contributed by atoms with Crippen LogP contribution in [0.2, 0.25) is 5.02 Å². The molecular weight excluding hydrogens is 246 g/mol. The van der Waals surface area contributed by atoms with Crippen LogP contribution in [0.15, 0.2) is 24.3 Å². The first kappa shape index (κ1) is 15.0. The van der Waals surface area contributed by atoms with E-state index in [1.165, 1.54) is 19.3 Å². The first-order chi connectivity index (χ1) is 8.72. The number of hydrogen-bond donors (Lipinski definition) is 1. The Morgan fingerprint density at radius 3 is 2.83 bits per heavy atom. The van der Waals surface area contributed by atoms with E-state index in [2.05, 4.69) is 12.2 Å². The third kappa shape index (κ3) is 6.65. The Balaban J connectivity index is 2.13. The molecule has 0 saturated heterocycles. The van der Waals surface area contributed by atoms with Gasteiger partial charge in [-0.2, -0.15) is 0 Å². The Labute approximate surface area is 115 Å². The number of carbonyl (C=O) groups is 1. The van der Waals surface area contributed by atoms with Crippen LogP contribution in [0.25, 0.3) is 0 Å². The molecule has 1 N–H and O–H groups in total. The maximum atomic E-state index is 11.6. The monoisotopic (exact) mass is 267 g/mol. The zero-order valence-electron chi connectivity index (χ0n) is 11.0. The molecule has 100 valence electrons. The van der Waals surface area contributed by atoms with Gasteiger partial charge >= 0.3 is 0 Å². The quantitative estimate of drug-likeness (QED) is 0.710. The Hall–Kier alpha value is -1.02. The Morgan fingerprint density at radius 1 is 1.28 bits per heavy atom. The van der Waals surface area contributed by atoms with Crippen molar-refractivity contribution >= 4 is 17.5 Å². The number of aryl methyl sites for hydroxylation is 1. The minimum atomic E-state index is 0.131. The maximum Gasteiger partial charge on any atom is 0.220 e. The number of nitrogens with one attached hydrogen (secondary N) is 1. The van der Waals surface area contributed by atoms with E-state index < -0.39 is 0 Å². The summed E-state index contributed by atoms with van der Waals surface area (Å²) in [6.07, 6.45) is 6.04. The lowest BCUT2D eigenvalue weighted by molar-refractivity contribution is -0.121. The van der Waals surface area contributed by atoms with E-state index in [0.717, 1.165) is 30.0 Å². The molecule has 0 aliphatic heterocycles. The average molecular weight is 268 g/mol. The van der Waals surface area contributed by atoms with E-state index in [1.807, 2.05) is 24.3 Å². The molecule has 0 atom stereocenters. The molecule has 0 fully saturated rings. The van der Waals surface area contributed by atoms with Gasteiger partial charge in [0, 0.05) is 18.0 Å². The SMILES string of the molecule is CCCCCCNC(=O)CCc1cccc(Cl)c1. The molecule has 0 spiro atoms. The first-order valence-electron chi connectivity index (χ1n) is 6.73. The zero-order valence-corrected chi connectivity index (χ0v) is 11.8. The highest BCUT2D eigenvalue weighted by Crippen LogP contribution is 2.12. The van der Waals surface area contributed by atoms with Gasteiger partial charge in [-0.15, -0.1) is 0 Å². The van der Waals surface area contributed by atoms with Crippen LogP contribution in [0.1, 0.15) is 44.6 Å². The number of amides is 1. The van der Waals surface area contributed by atoms with Crippen LogP contribution in [0.4, 0.5) is 0 Å². The van der Waals surface area contributed by atoms with Crippen molar-refractivity contribution < 1.29 is 4.79 Å². The van der Waals surface area contributed by atoms with Gasteiger partial charge in [0.05, 0.1) is 0 Å². The Bertz CT molecular complexity index is 365. The van der Waals surface area contributed by atoms with E-state index in [4.69, 9.17) is 11.6 Å². The fourth-order valence-electron chi connectivity index (χ4n) is 1.82. The summed E-state index contributed by atoms with van der Waals surface area (Å²) in [7, 11) is 0. The smallest absolute Gasteiger partial charge is 0.220 e. The van der Waals surface area contributed by atoms with Crippen LogP contribution in [0.5, 0.6) is 0 Å². The fourth-order valence-corrected chi connectivity index (χ4v) is 2.03. The van der Waals surface area contributed by atoms with Gasteiger partial charge in [0.25, 0.3) is 0 Å². The topological polar surface area (TPSA) is 29.1 Å². The van der Waals surface area contributed by atoms with Gasteiger partial charge in [-0.05, 0) is 30.5 Å². The number of halogens is 1. The Kier molecular flexibility index (Phi) is 7.51. The highest BCUT2D eigenvalue weighted by molar-refractivity contribution is 6.30. The van der Waals surface area contributed by atoms with E-state index >= 15 is 0 Å². The van der Waals surface area contributed by atoms with Gasteiger partial charge in [0.1, 0.15) is 0 Å². The molecule has 18 heavy (non-hydrogen) atoms. The molecule has 1 aromatic carbocycles. The molecule has 1 amide bonds. The lowest BCUT2D eigenvalue weighted by Crippen LogP contribution is -2.24. The number of benzene rings is 1. The van der Waals surface area contributed by atoms with Crippen molar-refractivity contribution in [1.82, 2.24) is 5.32 Å². The summed E-state index contributed by atoms with van der Waals surface area (Å²) in [5.74, 6) is 0.131. The molecule has 0 radical (unpaired) electrons. The van der Waals surface area contributed by atoms with Crippen LogP contribution in [-0.4, -0.2) is 12.5 Å². The van der Waals surface area contributed by atoms with Crippen LogP contribution < -0.4 is 5.32 Å².